The van der Waals surface area contributed by atoms with Gasteiger partial charge >= 0.3 is 22.3 Å². The predicted molar refractivity (Wildman–Crippen MR) is 185 cm³/mol. The fourth-order valence-corrected chi connectivity index (χ4v) is 8.17. The fraction of sp³-hybridized carbons (Fsp3) is 0.400. The van der Waals surface area contributed by atoms with Gasteiger partial charge in [0.05, 0.1) is 13.2 Å². The van der Waals surface area contributed by atoms with Gasteiger partial charge < -0.3 is 24.0 Å². The maximum absolute atomic E-state index is 14.9. The molecule has 4 aromatic rings. The highest BCUT2D eigenvalue weighted by Gasteiger charge is 2.65. The lowest BCUT2D eigenvalue weighted by molar-refractivity contribution is -0.249. The molecule has 1 aromatic heterocycles. The summed E-state index contributed by atoms with van der Waals surface area (Å²) in [4.78, 5) is 24.5. The zero-order valence-electron chi connectivity index (χ0n) is 28.9. The first-order valence-electron chi connectivity index (χ1n) is 17.1. The number of carbonyl (C=O) groups excluding carboxylic acids is 1. The summed E-state index contributed by atoms with van der Waals surface area (Å²) in [7, 11) is -4.11. The Kier molecular flexibility index (Phi) is 8.97. The molecule has 4 aliphatic rings. The van der Waals surface area contributed by atoms with Gasteiger partial charge in [-0.1, -0.05) is 6.07 Å². The quantitative estimate of drug-likeness (QED) is 0.233. The molecule has 3 aromatic carbocycles. The number of hydrogen-bond donors (Lipinski definition) is 0. The van der Waals surface area contributed by atoms with Crippen LogP contribution in [0, 0.1) is 11.6 Å². The van der Waals surface area contributed by atoms with E-state index in [0.717, 1.165) is 43.6 Å². The van der Waals surface area contributed by atoms with E-state index in [1.54, 1.807) is 13.8 Å². The first kappa shape index (κ1) is 35.2. The molecule has 4 fully saturated rings. The van der Waals surface area contributed by atoms with E-state index in [-0.39, 0.29) is 37.9 Å². The summed E-state index contributed by atoms with van der Waals surface area (Å²) in [6.45, 7) is 6.72. The van der Waals surface area contributed by atoms with Crippen LogP contribution in [0.1, 0.15) is 19.4 Å². The Morgan fingerprint density at radius 3 is 2.15 bits per heavy atom. The molecular formula is C35H37F2N7O8S. The van der Waals surface area contributed by atoms with E-state index in [1.807, 2.05) is 48.5 Å². The molecule has 0 N–H and O–H groups in total. The van der Waals surface area contributed by atoms with Crippen LogP contribution in [0.5, 0.6) is 5.75 Å². The molecule has 0 aliphatic carbocycles. The smallest absolute Gasteiger partial charge is 0.408 e. The second-order valence-corrected chi connectivity index (χ2v) is 14.6. The Labute approximate surface area is 304 Å². The van der Waals surface area contributed by atoms with Gasteiger partial charge in [0, 0.05) is 60.9 Å². The van der Waals surface area contributed by atoms with Crippen LogP contribution in [-0.2, 0) is 40.4 Å². The van der Waals surface area contributed by atoms with Gasteiger partial charge in [0.25, 0.3) is 0 Å². The molecule has 53 heavy (non-hydrogen) atoms. The van der Waals surface area contributed by atoms with E-state index in [4.69, 9.17) is 22.6 Å². The topological polar surface area (TPSA) is 141 Å². The number of nitrogens with zero attached hydrogens (tertiary/aromatic N) is 7. The number of ether oxygens (including phenoxy) is 3. The minimum absolute atomic E-state index is 0.00734. The van der Waals surface area contributed by atoms with Crippen LogP contribution in [0.15, 0.2) is 79.4 Å². The Balaban J connectivity index is 0.844. The lowest BCUT2D eigenvalue weighted by Crippen LogP contribution is -2.63. The second-order valence-electron chi connectivity index (χ2n) is 13.5. The fourth-order valence-electron chi connectivity index (χ4n) is 7.25. The van der Waals surface area contributed by atoms with E-state index < -0.39 is 45.9 Å². The number of urea groups is 1. The Morgan fingerprint density at radius 1 is 0.925 bits per heavy atom. The summed E-state index contributed by atoms with van der Waals surface area (Å²) in [5.74, 6) is -2.47. The number of rotatable bonds is 10. The van der Waals surface area contributed by atoms with Crippen molar-refractivity contribution in [3.63, 3.8) is 0 Å². The van der Waals surface area contributed by atoms with Gasteiger partial charge in [-0.2, -0.15) is 21.9 Å². The van der Waals surface area contributed by atoms with E-state index in [1.165, 1.54) is 39.3 Å². The van der Waals surface area contributed by atoms with E-state index in [2.05, 4.69) is 19.9 Å². The third-order valence-electron chi connectivity index (χ3n) is 9.70. The number of anilines is 3. The first-order valence-corrected chi connectivity index (χ1v) is 18.4. The minimum Gasteiger partial charge on any atom is -0.488 e. The Hall–Kier alpha value is -4.88. The molecule has 4 aliphatic heterocycles. The van der Waals surface area contributed by atoms with Gasteiger partial charge in [-0.05, 0) is 68.4 Å². The van der Waals surface area contributed by atoms with Crippen LogP contribution in [-0.4, -0.2) is 98.3 Å². The lowest BCUT2D eigenvalue weighted by atomic mass is 9.94. The maximum atomic E-state index is 14.9. The molecule has 15 nitrogen and oxygen atoms in total. The number of carbonyl (C=O) groups is 1. The van der Waals surface area contributed by atoms with E-state index in [0.29, 0.717) is 11.4 Å². The molecule has 1 spiro atoms. The molecule has 0 radical (unpaired) electrons. The monoisotopic (exact) mass is 753 g/mol. The summed E-state index contributed by atoms with van der Waals surface area (Å²) in [5, 5.41) is 4.12. The predicted octanol–water partition coefficient (Wildman–Crippen LogP) is 3.83. The summed E-state index contributed by atoms with van der Waals surface area (Å²) < 4.78 is 81.7. The maximum Gasteiger partial charge on any atom is 0.408 e. The standard InChI is InChI=1S/C35H37F2N7O8S/c1-24(2)44-33(45)43(20-35(44)51-53(46,47)52-35)28-6-4-26(5-7-28)40-13-15-41(16-14-40)27-8-10-29(11-9-27)48-18-32-49-21-34(50-32,19-42-23-38-22-39-42)30-12-3-25(36)17-31(30)37/h3-12,17,22-24,32H,13-16,18-21H2,1-2H3/t32-,34+/m0/s1. The van der Waals surface area contributed by atoms with Crippen LogP contribution in [0.3, 0.4) is 0 Å². The van der Waals surface area contributed by atoms with Crippen molar-refractivity contribution in [2.24, 2.45) is 0 Å². The SMILES string of the molecule is CC(C)N1C(=O)N(c2ccc(N3CCN(c4ccc(OC[C@H]5OC[C@](Cn6cncn6)(c6ccc(F)cc6F)O5)cc4)CC3)cc2)CC12OS(=O)(=O)O2. The lowest BCUT2D eigenvalue weighted by Gasteiger charge is -2.42. The average Bonchev–Trinajstić information content (AvgIpc) is 3.86. The molecular weight excluding hydrogens is 716 g/mol. The number of amides is 2. The van der Waals surface area contributed by atoms with E-state index >= 15 is 0 Å². The summed E-state index contributed by atoms with van der Waals surface area (Å²) >= 11 is 0. The zero-order chi connectivity index (χ0) is 37.0. The van der Waals surface area contributed by atoms with Gasteiger partial charge in [0.1, 0.15) is 48.8 Å². The number of hydrogen-bond acceptors (Lipinski definition) is 12. The van der Waals surface area contributed by atoms with Crippen molar-refractivity contribution < 1.29 is 44.6 Å². The largest absolute Gasteiger partial charge is 0.488 e. The van der Waals surface area contributed by atoms with E-state index in [9.17, 15) is 22.0 Å². The average molecular weight is 754 g/mol. The molecule has 2 amide bonds. The van der Waals surface area contributed by atoms with Crippen molar-refractivity contribution in [3.8, 4) is 5.75 Å². The highest BCUT2D eigenvalue weighted by atomic mass is 32.3. The molecule has 0 unspecified atom stereocenters. The first-order chi connectivity index (χ1) is 25.4. The molecule has 2 atom stereocenters. The van der Waals surface area contributed by atoms with Crippen LogP contribution < -0.4 is 19.4 Å². The van der Waals surface area contributed by atoms with Gasteiger partial charge in [0.2, 0.25) is 0 Å². The Morgan fingerprint density at radius 2 is 1.57 bits per heavy atom. The molecule has 280 valence electrons. The van der Waals surface area contributed by atoms with Crippen LogP contribution in [0.2, 0.25) is 0 Å². The summed E-state index contributed by atoms with van der Waals surface area (Å²) in [6, 6.07) is 17.9. The third kappa shape index (κ3) is 6.76. The number of halogens is 2. The van der Waals surface area contributed by atoms with Crippen LogP contribution >= 0.6 is 0 Å². The van der Waals surface area contributed by atoms with Gasteiger partial charge in [-0.25, -0.2) is 23.2 Å². The molecule has 0 saturated carbocycles. The summed E-state index contributed by atoms with van der Waals surface area (Å²) in [6.07, 6.45) is 2.05. The third-order valence-corrected chi connectivity index (χ3v) is 10.6. The minimum atomic E-state index is -4.11. The van der Waals surface area contributed by atoms with Gasteiger partial charge in [-0.15, -0.1) is 0 Å². The van der Waals surface area contributed by atoms with Gasteiger partial charge in [0.15, 0.2) is 6.29 Å². The highest BCUT2D eigenvalue weighted by Crippen LogP contribution is 2.43. The highest BCUT2D eigenvalue weighted by molar-refractivity contribution is 7.82. The van der Waals surface area contributed by atoms with Crippen LogP contribution in [0.25, 0.3) is 0 Å². The number of benzene rings is 3. The molecule has 18 heteroatoms. The van der Waals surface area contributed by atoms with Crippen molar-refractivity contribution in [2.45, 2.75) is 44.2 Å². The summed E-state index contributed by atoms with van der Waals surface area (Å²) in [5.41, 5.74) is 1.55. The van der Waals surface area contributed by atoms with Crippen molar-refractivity contribution >= 4 is 33.5 Å². The normalized spacial score (nSPS) is 23.6. The number of aromatic nitrogens is 3. The second kappa shape index (κ2) is 13.5. The van der Waals surface area contributed by atoms with Crippen molar-refractivity contribution in [2.75, 3.05) is 60.6 Å². The van der Waals surface area contributed by atoms with Crippen molar-refractivity contribution in [3.05, 3.63) is 96.6 Å². The molecule has 5 heterocycles. The molecule has 0 bridgehead atoms. The van der Waals surface area contributed by atoms with Gasteiger partial charge in [-0.3, -0.25) is 9.80 Å². The molecule has 8 rings (SSSR count). The number of piperazine rings is 1. The van der Waals surface area contributed by atoms with Crippen LogP contribution in [0.4, 0.5) is 30.6 Å². The Bertz CT molecular complexity index is 2050. The van der Waals surface area contributed by atoms with Crippen molar-refractivity contribution in [1.82, 2.24) is 19.7 Å². The molecule has 4 saturated heterocycles. The zero-order valence-corrected chi connectivity index (χ0v) is 29.7. The van der Waals surface area contributed by atoms with Crippen molar-refractivity contribution in [1.29, 1.82) is 0 Å².